The highest BCUT2D eigenvalue weighted by molar-refractivity contribution is 6.31. The molecule has 0 aliphatic rings. The first-order chi connectivity index (χ1) is 10.4. The van der Waals surface area contributed by atoms with Gasteiger partial charge < -0.3 is 15.6 Å². The van der Waals surface area contributed by atoms with E-state index >= 15 is 0 Å². The summed E-state index contributed by atoms with van der Waals surface area (Å²) in [4.78, 5) is 11.4. The van der Waals surface area contributed by atoms with E-state index in [-0.39, 0.29) is 12.2 Å². The molecule has 0 aliphatic heterocycles. The number of carbonyl (C=O) groups is 1. The third-order valence-corrected chi connectivity index (χ3v) is 3.47. The molecule has 0 spiro atoms. The van der Waals surface area contributed by atoms with E-state index in [9.17, 15) is 9.90 Å². The van der Waals surface area contributed by atoms with Gasteiger partial charge in [0.25, 0.3) is 5.91 Å². The van der Waals surface area contributed by atoms with Gasteiger partial charge in [-0.25, -0.2) is 0 Å². The number of aliphatic hydroxyl groups excluding tert-OH is 1. The van der Waals surface area contributed by atoms with E-state index in [2.05, 4.69) is 0 Å². The molecule has 5 heteroatoms. The molecular formula is C17H18ClNO3. The molecule has 0 aromatic heterocycles. The van der Waals surface area contributed by atoms with Gasteiger partial charge in [0.1, 0.15) is 18.5 Å². The lowest BCUT2D eigenvalue weighted by atomic mass is 10.0. The molecule has 0 radical (unpaired) electrons. The van der Waals surface area contributed by atoms with E-state index in [4.69, 9.17) is 22.1 Å². The third kappa shape index (κ3) is 4.00. The Bertz CT molecular complexity index is 680. The number of benzene rings is 2. The Kier molecular flexibility index (Phi) is 5.06. The molecule has 1 atom stereocenters. The van der Waals surface area contributed by atoms with Gasteiger partial charge in [-0.15, -0.1) is 0 Å². The average molecular weight is 320 g/mol. The summed E-state index contributed by atoms with van der Waals surface area (Å²) >= 11 is 5.84. The van der Waals surface area contributed by atoms with Crippen molar-refractivity contribution in [3.8, 4) is 5.75 Å². The number of rotatable bonds is 5. The first-order valence-electron chi connectivity index (χ1n) is 6.85. The van der Waals surface area contributed by atoms with Gasteiger partial charge in [-0.3, -0.25) is 4.79 Å². The van der Waals surface area contributed by atoms with Gasteiger partial charge >= 0.3 is 0 Å². The van der Waals surface area contributed by atoms with Crippen LogP contribution in [-0.2, 0) is 0 Å². The standard InChI is InChI=1S/C17H18ClNO3/c1-10-5-11(2)7-12(6-10)15(20)9-22-16-4-3-13(18)8-14(16)17(19)21/h3-8,15,20H,9H2,1-2H3,(H2,19,21). The number of hydrogen-bond donors (Lipinski definition) is 2. The Balaban J connectivity index is 2.14. The molecule has 3 N–H and O–H groups in total. The molecule has 0 fully saturated rings. The number of nitrogens with two attached hydrogens (primary N) is 1. The molecular weight excluding hydrogens is 302 g/mol. The summed E-state index contributed by atoms with van der Waals surface area (Å²) in [5.74, 6) is -0.321. The van der Waals surface area contributed by atoms with Gasteiger partial charge in [-0.2, -0.15) is 0 Å². The van der Waals surface area contributed by atoms with Gasteiger partial charge in [0.15, 0.2) is 0 Å². The Hall–Kier alpha value is -2.04. The van der Waals surface area contributed by atoms with E-state index in [0.29, 0.717) is 10.8 Å². The summed E-state index contributed by atoms with van der Waals surface area (Å²) in [5.41, 5.74) is 8.40. The van der Waals surface area contributed by atoms with E-state index in [1.807, 2.05) is 32.0 Å². The van der Waals surface area contributed by atoms with Gasteiger partial charge in [-0.05, 0) is 37.6 Å². The van der Waals surface area contributed by atoms with Crippen LogP contribution in [0.5, 0.6) is 5.75 Å². The molecule has 0 bridgehead atoms. The van der Waals surface area contributed by atoms with Crippen LogP contribution in [0.25, 0.3) is 0 Å². The number of carbonyl (C=O) groups excluding carboxylic acids is 1. The molecule has 0 aliphatic carbocycles. The third-order valence-electron chi connectivity index (χ3n) is 3.23. The number of aryl methyl sites for hydroxylation is 2. The minimum atomic E-state index is -0.796. The van der Waals surface area contributed by atoms with E-state index in [1.54, 1.807) is 12.1 Å². The van der Waals surface area contributed by atoms with Crippen LogP contribution in [0.4, 0.5) is 0 Å². The lowest BCUT2D eigenvalue weighted by Gasteiger charge is -2.15. The highest BCUT2D eigenvalue weighted by Gasteiger charge is 2.14. The largest absolute Gasteiger partial charge is 0.490 e. The molecule has 4 nitrogen and oxygen atoms in total. The molecule has 0 saturated heterocycles. The second-order valence-corrected chi connectivity index (χ2v) is 5.69. The summed E-state index contributed by atoms with van der Waals surface area (Å²) < 4.78 is 5.54. The van der Waals surface area contributed by atoms with Crippen molar-refractivity contribution in [3.63, 3.8) is 0 Å². The fraction of sp³-hybridized carbons (Fsp3) is 0.235. The Labute approximate surface area is 134 Å². The smallest absolute Gasteiger partial charge is 0.252 e. The highest BCUT2D eigenvalue weighted by Crippen LogP contribution is 2.24. The maximum atomic E-state index is 11.4. The van der Waals surface area contributed by atoms with Crippen LogP contribution < -0.4 is 10.5 Å². The second-order valence-electron chi connectivity index (χ2n) is 5.25. The number of hydrogen-bond acceptors (Lipinski definition) is 3. The number of primary amides is 1. The number of halogens is 1. The van der Waals surface area contributed by atoms with Crippen molar-refractivity contribution in [1.29, 1.82) is 0 Å². The summed E-state index contributed by atoms with van der Waals surface area (Å²) in [6.07, 6.45) is -0.796. The molecule has 1 amide bonds. The maximum Gasteiger partial charge on any atom is 0.252 e. The zero-order valence-electron chi connectivity index (χ0n) is 12.5. The topological polar surface area (TPSA) is 72.6 Å². The summed E-state index contributed by atoms with van der Waals surface area (Å²) in [5, 5.41) is 10.6. The predicted molar refractivity (Wildman–Crippen MR) is 86.3 cm³/mol. The van der Waals surface area contributed by atoms with Crippen LogP contribution in [0.2, 0.25) is 5.02 Å². The Morgan fingerprint density at radius 3 is 2.45 bits per heavy atom. The fourth-order valence-corrected chi connectivity index (χ4v) is 2.46. The van der Waals surface area contributed by atoms with Gasteiger partial charge in [0, 0.05) is 5.02 Å². The quantitative estimate of drug-likeness (QED) is 0.889. The van der Waals surface area contributed by atoms with Crippen LogP contribution in [0.15, 0.2) is 36.4 Å². The van der Waals surface area contributed by atoms with Crippen LogP contribution in [0.1, 0.15) is 33.2 Å². The molecule has 116 valence electrons. The lowest BCUT2D eigenvalue weighted by molar-refractivity contribution is 0.0967. The molecule has 0 saturated carbocycles. The minimum Gasteiger partial charge on any atom is -0.490 e. The average Bonchev–Trinajstić information content (AvgIpc) is 2.44. The molecule has 2 rings (SSSR count). The van der Waals surface area contributed by atoms with Crippen molar-refractivity contribution in [1.82, 2.24) is 0 Å². The zero-order valence-corrected chi connectivity index (χ0v) is 13.2. The summed E-state index contributed by atoms with van der Waals surface area (Å²) in [6, 6.07) is 10.4. The SMILES string of the molecule is Cc1cc(C)cc(C(O)COc2ccc(Cl)cc2C(N)=O)c1. The molecule has 2 aromatic rings. The first-order valence-corrected chi connectivity index (χ1v) is 7.23. The summed E-state index contributed by atoms with van der Waals surface area (Å²) in [7, 11) is 0. The lowest BCUT2D eigenvalue weighted by Crippen LogP contribution is -2.15. The van der Waals surface area contributed by atoms with Crippen molar-refractivity contribution >= 4 is 17.5 Å². The van der Waals surface area contributed by atoms with Crippen LogP contribution >= 0.6 is 11.6 Å². The normalized spacial score (nSPS) is 12.0. The molecule has 2 aromatic carbocycles. The predicted octanol–water partition coefficient (Wildman–Crippen LogP) is 3.17. The van der Waals surface area contributed by atoms with Crippen LogP contribution in [0, 0.1) is 13.8 Å². The second kappa shape index (κ2) is 6.81. The molecule has 22 heavy (non-hydrogen) atoms. The number of amides is 1. The van der Waals surface area contributed by atoms with Crippen molar-refractivity contribution in [3.05, 3.63) is 63.7 Å². The highest BCUT2D eigenvalue weighted by atomic mass is 35.5. The van der Waals surface area contributed by atoms with Crippen molar-refractivity contribution in [2.24, 2.45) is 5.73 Å². The molecule has 1 unspecified atom stereocenters. The maximum absolute atomic E-state index is 11.4. The fourth-order valence-electron chi connectivity index (χ4n) is 2.29. The number of aliphatic hydroxyl groups is 1. The molecule has 0 heterocycles. The van der Waals surface area contributed by atoms with Crippen molar-refractivity contribution in [2.45, 2.75) is 20.0 Å². The van der Waals surface area contributed by atoms with Gasteiger partial charge in [0.05, 0.1) is 5.56 Å². The number of ether oxygens (including phenoxy) is 1. The van der Waals surface area contributed by atoms with Gasteiger partial charge in [-0.1, -0.05) is 40.9 Å². The van der Waals surface area contributed by atoms with Crippen molar-refractivity contribution < 1.29 is 14.6 Å². The Morgan fingerprint density at radius 2 is 1.86 bits per heavy atom. The van der Waals surface area contributed by atoms with E-state index in [0.717, 1.165) is 16.7 Å². The van der Waals surface area contributed by atoms with Crippen LogP contribution in [0.3, 0.4) is 0 Å². The van der Waals surface area contributed by atoms with Crippen molar-refractivity contribution in [2.75, 3.05) is 6.61 Å². The monoisotopic (exact) mass is 319 g/mol. The first kappa shape index (κ1) is 16.3. The van der Waals surface area contributed by atoms with E-state index in [1.165, 1.54) is 6.07 Å². The minimum absolute atomic E-state index is 0.0187. The summed E-state index contributed by atoms with van der Waals surface area (Å²) in [6.45, 7) is 3.95. The van der Waals surface area contributed by atoms with Crippen LogP contribution in [-0.4, -0.2) is 17.6 Å². The van der Waals surface area contributed by atoms with E-state index < -0.39 is 12.0 Å². The Morgan fingerprint density at radius 1 is 1.23 bits per heavy atom. The van der Waals surface area contributed by atoms with Gasteiger partial charge in [0.2, 0.25) is 0 Å². The zero-order chi connectivity index (χ0) is 16.3.